The number of hydrogen-bond donors (Lipinski definition) is 0. The van der Waals surface area contributed by atoms with E-state index in [4.69, 9.17) is 0 Å². The van der Waals surface area contributed by atoms with Crippen LogP contribution in [-0.2, 0) is 0 Å². The zero-order valence-electron chi connectivity index (χ0n) is 26.8. The number of benzene rings is 7. The van der Waals surface area contributed by atoms with Crippen LogP contribution in [0.2, 0.25) is 0 Å². The molecule has 48 heavy (non-hydrogen) atoms. The van der Waals surface area contributed by atoms with Crippen molar-refractivity contribution in [3.8, 4) is 0 Å². The molecule has 0 heterocycles. The summed E-state index contributed by atoms with van der Waals surface area (Å²) in [4.78, 5) is 0. The molecule has 0 aliphatic heterocycles. The van der Waals surface area contributed by atoms with Crippen LogP contribution in [0.25, 0.3) is 34.9 Å². The summed E-state index contributed by atoms with van der Waals surface area (Å²) in [6.45, 7) is 0. The van der Waals surface area contributed by atoms with Crippen molar-refractivity contribution in [3.05, 3.63) is 250 Å². The molecule has 0 saturated carbocycles. The molecule has 0 fully saturated rings. The van der Waals surface area contributed by atoms with E-state index < -0.39 is 0 Å². The fourth-order valence-electron chi connectivity index (χ4n) is 6.16. The van der Waals surface area contributed by atoms with Crippen LogP contribution in [0.5, 0.6) is 0 Å². The lowest BCUT2D eigenvalue weighted by molar-refractivity contribution is 1.52. The normalized spacial score (nSPS) is 10.5. The van der Waals surface area contributed by atoms with Gasteiger partial charge < -0.3 is 0 Å². The molecule has 0 bridgehead atoms. The lowest BCUT2D eigenvalue weighted by atomic mass is 9.91. The maximum Gasteiger partial charge on any atom is -0.0105 e. The number of rotatable bonds is 9. The summed E-state index contributed by atoms with van der Waals surface area (Å²) in [6.07, 6.45) is 6.98. The van der Waals surface area contributed by atoms with Gasteiger partial charge in [0.15, 0.2) is 0 Å². The maximum atomic E-state index is 2.33. The Kier molecular flexibility index (Phi) is 9.44. The van der Waals surface area contributed by atoms with E-state index in [-0.39, 0.29) is 0 Å². The van der Waals surface area contributed by atoms with E-state index in [0.717, 1.165) is 16.7 Å². The third kappa shape index (κ3) is 7.41. The summed E-state index contributed by atoms with van der Waals surface area (Å²) < 4.78 is 0. The molecule has 0 atom stereocenters. The second kappa shape index (κ2) is 14.9. The van der Waals surface area contributed by atoms with E-state index in [1.807, 2.05) is 0 Å². The molecule has 0 aliphatic carbocycles. The second-order valence-corrected chi connectivity index (χ2v) is 11.8. The second-order valence-electron chi connectivity index (χ2n) is 11.8. The average molecular weight is 613 g/mol. The van der Waals surface area contributed by atoms with Crippen molar-refractivity contribution in [3.63, 3.8) is 0 Å². The standard InChI is InChI=1S/C48H36/c1-7-19-40(20-8-1)46(41-21-9-2-10-22-41)34-37-31-38(35-47(42-23-11-3-12-24-42)43-25-13-4-14-26-43)33-39(32-37)36-48(44-27-15-5-16-28-44)45-29-17-6-18-30-45/h1-36H. The molecule has 228 valence electrons. The minimum Gasteiger partial charge on any atom is -0.0622 e. The third-order valence-electron chi connectivity index (χ3n) is 8.44. The maximum absolute atomic E-state index is 2.33. The van der Waals surface area contributed by atoms with Crippen molar-refractivity contribution in [1.82, 2.24) is 0 Å². The van der Waals surface area contributed by atoms with Crippen molar-refractivity contribution >= 4 is 34.9 Å². The van der Waals surface area contributed by atoms with Gasteiger partial charge in [-0.1, -0.05) is 182 Å². The molecule has 0 aliphatic rings. The van der Waals surface area contributed by atoms with Gasteiger partial charge in [0, 0.05) is 0 Å². The number of hydrogen-bond acceptors (Lipinski definition) is 0. The topological polar surface area (TPSA) is 0 Å². The molecule has 0 spiro atoms. The van der Waals surface area contributed by atoms with E-state index in [1.54, 1.807) is 0 Å². The van der Waals surface area contributed by atoms with Crippen molar-refractivity contribution in [1.29, 1.82) is 0 Å². The highest BCUT2D eigenvalue weighted by Gasteiger charge is 2.10. The molecule has 0 amide bonds. The molecule has 0 nitrogen and oxygen atoms in total. The molecule has 7 rings (SSSR count). The van der Waals surface area contributed by atoms with Crippen molar-refractivity contribution in [2.24, 2.45) is 0 Å². The SMILES string of the molecule is C(=C(c1ccccc1)c1ccccc1)c1cc(C=C(c2ccccc2)c2ccccc2)cc(C=C(c2ccccc2)c2ccccc2)c1. The highest BCUT2D eigenvalue weighted by molar-refractivity contribution is 5.96. The minimum absolute atomic E-state index is 1.14. The fraction of sp³-hybridized carbons (Fsp3) is 0. The predicted octanol–water partition coefficient (Wildman–Crippen LogP) is 12.5. The van der Waals surface area contributed by atoms with Crippen molar-refractivity contribution < 1.29 is 0 Å². The Balaban J connectivity index is 1.47. The first-order valence-electron chi connectivity index (χ1n) is 16.4. The van der Waals surface area contributed by atoms with Gasteiger partial charge >= 0.3 is 0 Å². The molecule has 0 radical (unpaired) electrons. The van der Waals surface area contributed by atoms with Crippen LogP contribution in [0.4, 0.5) is 0 Å². The van der Waals surface area contributed by atoms with Gasteiger partial charge in [0.25, 0.3) is 0 Å². The largest absolute Gasteiger partial charge is 0.0622 e. The van der Waals surface area contributed by atoms with E-state index in [9.17, 15) is 0 Å². The summed E-state index contributed by atoms with van der Waals surface area (Å²) in [6, 6.07) is 70.9. The zero-order chi connectivity index (χ0) is 32.4. The van der Waals surface area contributed by atoms with Gasteiger partial charge in [-0.3, -0.25) is 0 Å². The lowest BCUT2D eigenvalue weighted by Crippen LogP contribution is -1.92. The van der Waals surface area contributed by atoms with Crippen molar-refractivity contribution in [2.75, 3.05) is 0 Å². The molecular formula is C48H36. The Morgan fingerprint density at radius 1 is 0.229 bits per heavy atom. The van der Waals surface area contributed by atoms with E-state index in [0.29, 0.717) is 0 Å². The van der Waals surface area contributed by atoms with Gasteiger partial charge in [-0.25, -0.2) is 0 Å². The van der Waals surface area contributed by atoms with Crippen LogP contribution in [-0.4, -0.2) is 0 Å². The summed E-state index contributed by atoms with van der Waals surface area (Å²) in [5, 5.41) is 0. The molecule has 0 saturated heterocycles. The van der Waals surface area contributed by atoms with Gasteiger partial charge in [0.2, 0.25) is 0 Å². The van der Waals surface area contributed by atoms with Crippen LogP contribution in [0.15, 0.2) is 200 Å². The molecule has 7 aromatic carbocycles. The first kappa shape index (κ1) is 30.4. The lowest BCUT2D eigenvalue weighted by Gasteiger charge is -2.13. The first-order chi connectivity index (χ1) is 23.8. The Labute approximate surface area is 284 Å². The predicted molar refractivity (Wildman–Crippen MR) is 206 cm³/mol. The summed E-state index contributed by atoms with van der Waals surface area (Å²) >= 11 is 0. The zero-order valence-corrected chi connectivity index (χ0v) is 26.8. The van der Waals surface area contributed by atoms with Gasteiger partial charge in [0.05, 0.1) is 0 Å². The van der Waals surface area contributed by atoms with Crippen LogP contribution in [0, 0.1) is 0 Å². The van der Waals surface area contributed by atoms with Crippen LogP contribution >= 0.6 is 0 Å². The van der Waals surface area contributed by atoms with E-state index in [1.165, 1.54) is 50.1 Å². The summed E-state index contributed by atoms with van der Waals surface area (Å²) in [7, 11) is 0. The highest BCUT2D eigenvalue weighted by Crippen LogP contribution is 2.32. The molecule has 0 N–H and O–H groups in total. The van der Waals surface area contributed by atoms with Crippen molar-refractivity contribution in [2.45, 2.75) is 0 Å². The summed E-state index contributed by atoms with van der Waals surface area (Å²) in [5.41, 5.74) is 14.1. The van der Waals surface area contributed by atoms with Crippen LogP contribution in [0.3, 0.4) is 0 Å². The van der Waals surface area contributed by atoms with E-state index in [2.05, 4.69) is 218 Å². The smallest absolute Gasteiger partial charge is 0.0105 e. The Morgan fingerprint density at radius 3 is 0.562 bits per heavy atom. The molecule has 0 aromatic heterocycles. The van der Waals surface area contributed by atoms with Crippen LogP contribution < -0.4 is 0 Å². The molecular weight excluding hydrogens is 577 g/mol. The van der Waals surface area contributed by atoms with Gasteiger partial charge in [-0.15, -0.1) is 0 Å². The highest BCUT2D eigenvalue weighted by atomic mass is 14.1. The minimum atomic E-state index is 1.14. The average Bonchev–Trinajstić information content (AvgIpc) is 3.17. The third-order valence-corrected chi connectivity index (χ3v) is 8.44. The van der Waals surface area contributed by atoms with Crippen LogP contribution in [0.1, 0.15) is 50.1 Å². The molecule has 0 unspecified atom stereocenters. The monoisotopic (exact) mass is 612 g/mol. The quantitative estimate of drug-likeness (QED) is 0.142. The molecule has 0 heteroatoms. The van der Waals surface area contributed by atoms with E-state index >= 15 is 0 Å². The Hall–Kier alpha value is -6.24. The Morgan fingerprint density at radius 2 is 0.396 bits per heavy atom. The summed E-state index contributed by atoms with van der Waals surface area (Å²) in [5.74, 6) is 0. The van der Waals surface area contributed by atoms with Gasteiger partial charge in [-0.2, -0.15) is 0 Å². The van der Waals surface area contributed by atoms with Gasteiger partial charge in [0.1, 0.15) is 0 Å². The Bertz CT molecular complexity index is 1770. The fourth-order valence-corrected chi connectivity index (χ4v) is 6.16. The first-order valence-corrected chi connectivity index (χ1v) is 16.4. The van der Waals surface area contributed by atoms with Gasteiger partial charge in [-0.05, 0) is 103 Å². The molecule has 7 aromatic rings.